The van der Waals surface area contributed by atoms with E-state index in [9.17, 15) is 14.7 Å². The largest absolute Gasteiger partial charge is 0.508 e. The highest BCUT2D eigenvalue weighted by Gasteiger charge is 2.60. The summed E-state index contributed by atoms with van der Waals surface area (Å²) in [7, 11) is 1.63. The number of H-pyrrole nitrogens is 1. The number of nitrogens with zero attached hydrogens (tertiary/aromatic N) is 2. The third-order valence-corrected chi connectivity index (χ3v) is 7.27. The van der Waals surface area contributed by atoms with E-state index in [1.807, 2.05) is 31.2 Å². The van der Waals surface area contributed by atoms with Crippen molar-refractivity contribution in [2.75, 3.05) is 20.2 Å². The summed E-state index contributed by atoms with van der Waals surface area (Å²) in [5.41, 5.74) is 2.44. The van der Waals surface area contributed by atoms with Crippen LogP contribution in [0.4, 0.5) is 4.79 Å². The molecule has 3 amide bonds. The minimum Gasteiger partial charge on any atom is -0.508 e. The first-order chi connectivity index (χ1) is 17.0. The number of phenols is 1. The number of carbonyl (C=O) groups is 2. The summed E-state index contributed by atoms with van der Waals surface area (Å²) in [4.78, 5) is 34.3. The molecule has 2 aromatic carbocycles. The standard InChI is InChI=1S/C28H34N4O4/c1-27(2,3)29-12-7-13-31-25(34)28(4)16-21-20-15-19(36-5)10-11-22(20)30-23(21)24(32(28)26(31)35)17-8-6-9-18(33)14-17/h6,8-11,14-15,24,29-30,33H,7,12-13,16H2,1-5H3/t24-,28+/m1/s1. The third kappa shape index (κ3) is 3.89. The molecule has 1 aromatic heterocycles. The Kier molecular flexibility index (Phi) is 5.75. The van der Waals surface area contributed by atoms with Crippen molar-refractivity contribution in [2.45, 2.75) is 57.7 Å². The molecule has 1 fully saturated rings. The van der Waals surface area contributed by atoms with Crippen molar-refractivity contribution < 1.29 is 19.4 Å². The van der Waals surface area contributed by atoms with E-state index in [1.165, 1.54) is 4.90 Å². The van der Waals surface area contributed by atoms with E-state index in [-0.39, 0.29) is 23.2 Å². The van der Waals surface area contributed by atoms with Crippen LogP contribution in [0.5, 0.6) is 11.5 Å². The second kappa shape index (κ2) is 8.55. The van der Waals surface area contributed by atoms with Gasteiger partial charge in [0.1, 0.15) is 23.1 Å². The molecule has 2 aliphatic heterocycles. The smallest absolute Gasteiger partial charge is 0.328 e. The van der Waals surface area contributed by atoms with E-state index < -0.39 is 11.6 Å². The molecule has 0 saturated carbocycles. The van der Waals surface area contributed by atoms with Crippen LogP contribution in [0.2, 0.25) is 0 Å². The summed E-state index contributed by atoms with van der Waals surface area (Å²) >= 11 is 0. The number of ether oxygens (including phenoxy) is 1. The molecule has 2 aliphatic rings. The van der Waals surface area contributed by atoms with Gasteiger partial charge in [-0.1, -0.05) is 12.1 Å². The van der Waals surface area contributed by atoms with Gasteiger partial charge in [-0.3, -0.25) is 14.6 Å². The molecule has 0 bridgehead atoms. The molecule has 3 heterocycles. The highest BCUT2D eigenvalue weighted by atomic mass is 16.5. The number of phenolic OH excluding ortho intramolecular Hbond substituents is 1. The van der Waals surface area contributed by atoms with E-state index in [0.717, 1.165) is 33.5 Å². The van der Waals surface area contributed by atoms with Crippen LogP contribution in [0.1, 0.15) is 57.0 Å². The molecule has 3 N–H and O–H groups in total. The number of hydrogen-bond donors (Lipinski definition) is 3. The van der Waals surface area contributed by atoms with Gasteiger partial charge in [0, 0.05) is 35.1 Å². The molecule has 8 heteroatoms. The second-order valence-corrected chi connectivity index (χ2v) is 11.0. The molecule has 2 atom stereocenters. The maximum absolute atomic E-state index is 13.9. The first-order valence-electron chi connectivity index (χ1n) is 12.4. The van der Waals surface area contributed by atoms with Crippen LogP contribution in [0.15, 0.2) is 42.5 Å². The average Bonchev–Trinajstić information content (AvgIpc) is 3.26. The Balaban J connectivity index is 1.59. The van der Waals surface area contributed by atoms with E-state index in [0.29, 0.717) is 25.9 Å². The fourth-order valence-corrected chi connectivity index (χ4v) is 5.56. The molecule has 0 spiro atoms. The number of aromatic hydroxyl groups is 1. The van der Waals surface area contributed by atoms with Gasteiger partial charge in [-0.15, -0.1) is 0 Å². The predicted octanol–water partition coefficient (Wildman–Crippen LogP) is 4.33. The molecular formula is C28H34N4O4. The van der Waals surface area contributed by atoms with Gasteiger partial charge in [-0.25, -0.2) is 4.79 Å². The van der Waals surface area contributed by atoms with Crippen LogP contribution in [0.3, 0.4) is 0 Å². The lowest BCUT2D eigenvalue weighted by Gasteiger charge is -2.42. The molecule has 0 aliphatic carbocycles. The quantitative estimate of drug-likeness (QED) is 0.353. The summed E-state index contributed by atoms with van der Waals surface area (Å²) in [5.74, 6) is 0.658. The van der Waals surface area contributed by atoms with Crippen molar-refractivity contribution in [1.82, 2.24) is 20.1 Å². The van der Waals surface area contributed by atoms with Crippen LogP contribution in [0.25, 0.3) is 10.9 Å². The zero-order valence-corrected chi connectivity index (χ0v) is 21.5. The topological polar surface area (TPSA) is 97.9 Å². The molecule has 36 heavy (non-hydrogen) atoms. The van der Waals surface area contributed by atoms with Gasteiger partial charge in [-0.05, 0) is 82.1 Å². The van der Waals surface area contributed by atoms with Gasteiger partial charge >= 0.3 is 6.03 Å². The number of amides is 3. The van der Waals surface area contributed by atoms with E-state index >= 15 is 0 Å². The zero-order valence-electron chi connectivity index (χ0n) is 21.5. The van der Waals surface area contributed by atoms with Gasteiger partial charge < -0.3 is 20.1 Å². The normalized spacial score (nSPS) is 21.8. The van der Waals surface area contributed by atoms with E-state index in [4.69, 9.17) is 4.74 Å². The molecule has 5 rings (SSSR count). The minimum absolute atomic E-state index is 0.0340. The SMILES string of the molecule is COc1ccc2[nH]c3c(c2c1)C[C@@]1(C)C(=O)N(CCCNC(C)(C)C)C(=O)N1[C@@H]3c1cccc(O)c1. The molecule has 3 aromatic rings. The number of methoxy groups -OCH3 is 1. The van der Waals surface area contributed by atoms with Crippen molar-refractivity contribution in [2.24, 2.45) is 0 Å². The molecule has 190 valence electrons. The average molecular weight is 491 g/mol. The number of hydrogen-bond acceptors (Lipinski definition) is 5. The highest BCUT2D eigenvalue weighted by Crippen LogP contribution is 2.49. The lowest BCUT2D eigenvalue weighted by atomic mass is 9.81. The van der Waals surface area contributed by atoms with Gasteiger partial charge in [-0.2, -0.15) is 0 Å². The Morgan fingerprint density at radius 3 is 2.67 bits per heavy atom. The highest BCUT2D eigenvalue weighted by molar-refractivity contribution is 6.08. The summed E-state index contributed by atoms with van der Waals surface area (Å²) < 4.78 is 5.46. The summed E-state index contributed by atoms with van der Waals surface area (Å²) in [6, 6.07) is 11.9. The lowest BCUT2D eigenvalue weighted by Crippen LogP contribution is -2.53. The molecular weight excluding hydrogens is 456 g/mol. The molecule has 8 nitrogen and oxygen atoms in total. The first kappa shape index (κ1) is 24.2. The maximum atomic E-state index is 13.9. The summed E-state index contributed by atoms with van der Waals surface area (Å²) in [5, 5.41) is 14.7. The minimum atomic E-state index is -1.05. The van der Waals surface area contributed by atoms with E-state index in [2.05, 4.69) is 31.1 Å². The van der Waals surface area contributed by atoms with Crippen molar-refractivity contribution in [3.63, 3.8) is 0 Å². The Morgan fingerprint density at radius 2 is 1.97 bits per heavy atom. The third-order valence-electron chi connectivity index (χ3n) is 7.27. The monoisotopic (exact) mass is 490 g/mol. The van der Waals surface area contributed by atoms with Crippen LogP contribution < -0.4 is 10.1 Å². The van der Waals surface area contributed by atoms with E-state index in [1.54, 1.807) is 30.2 Å². The summed E-state index contributed by atoms with van der Waals surface area (Å²) in [6.07, 6.45) is 1.06. The van der Waals surface area contributed by atoms with Gasteiger partial charge in [0.15, 0.2) is 0 Å². The van der Waals surface area contributed by atoms with Crippen molar-refractivity contribution in [3.05, 3.63) is 59.3 Å². The fourth-order valence-electron chi connectivity index (χ4n) is 5.56. The van der Waals surface area contributed by atoms with Gasteiger partial charge in [0.2, 0.25) is 0 Å². The molecule has 1 saturated heterocycles. The number of imide groups is 1. The number of benzene rings is 2. The van der Waals surface area contributed by atoms with Crippen molar-refractivity contribution in [3.8, 4) is 11.5 Å². The number of fused-ring (bicyclic) bond motifs is 4. The molecule has 0 unspecified atom stereocenters. The van der Waals surface area contributed by atoms with Crippen LogP contribution in [-0.4, -0.2) is 63.1 Å². The van der Waals surface area contributed by atoms with Crippen LogP contribution in [0, 0.1) is 0 Å². The van der Waals surface area contributed by atoms with Crippen molar-refractivity contribution in [1.29, 1.82) is 0 Å². The number of aromatic nitrogens is 1. The Bertz CT molecular complexity index is 1340. The first-order valence-corrected chi connectivity index (χ1v) is 12.4. The fraction of sp³-hybridized carbons (Fsp3) is 0.429. The predicted molar refractivity (Wildman–Crippen MR) is 138 cm³/mol. The molecule has 0 radical (unpaired) electrons. The number of aromatic amines is 1. The number of urea groups is 1. The Morgan fingerprint density at radius 1 is 1.19 bits per heavy atom. The van der Waals surface area contributed by atoms with Crippen LogP contribution in [-0.2, 0) is 11.2 Å². The zero-order chi connectivity index (χ0) is 25.8. The maximum Gasteiger partial charge on any atom is 0.328 e. The number of carbonyl (C=O) groups excluding carboxylic acids is 2. The Hall–Kier alpha value is -3.52. The van der Waals surface area contributed by atoms with Gasteiger partial charge in [0.05, 0.1) is 7.11 Å². The van der Waals surface area contributed by atoms with Crippen molar-refractivity contribution >= 4 is 22.8 Å². The second-order valence-electron chi connectivity index (χ2n) is 11.0. The summed E-state index contributed by atoms with van der Waals surface area (Å²) in [6.45, 7) is 9.19. The Labute approximate surface area is 211 Å². The van der Waals surface area contributed by atoms with Gasteiger partial charge in [0.25, 0.3) is 5.91 Å². The lowest BCUT2D eigenvalue weighted by molar-refractivity contribution is -0.133. The number of rotatable bonds is 6. The van der Waals surface area contributed by atoms with Crippen LogP contribution >= 0.6 is 0 Å². The number of nitrogens with one attached hydrogen (secondary N) is 2.